The van der Waals surface area contributed by atoms with Crippen molar-refractivity contribution in [3.8, 4) is 0 Å². The normalized spacial score (nSPS) is 17.6. The summed E-state index contributed by atoms with van der Waals surface area (Å²) in [6.45, 7) is 6.51. The Morgan fingerprint density at radius 1 is 1.00 bits per heavy atom. The van der Waals surface area contributed by atoms with Crippen LogP contribution in [0.4, 0.5) is 5.69 Å². The maximum Gasteiger partial charge on any atom is 0.227 e. The molecular weight excluding hydrogens is 420 g/mol. The van der Waals surface area contributed by atoms with E-state index < -0.39 is 9.84 Å². The number of carbonyl (C=O) groups is 1. The van der Waals surface area contributed by atoms with Crippen molar-refractivity contribution >= 4 is 33.0 Å². The molecule has 7 heteroatoms. The Bertz CT molecular complexity index is 955. The fourth-order valence-corrected chi connectivity index (χ4v) is 5.77. The lowest BCUT2D eigenvalue weighted by atomic mass is 10.1. The third-order valence-corrected chi connectivity index (χ3v) is 7.66. The van der Waals surface area contributed by atoms with Gasteiger partial charge in [0.2, 0.25) is 5.91 Å². The van der Waals surface area contributed by atoms with Gasteiger partial charge in [-0.3, -0.25) is 4.79 Å². The van der Waals surface area contributed by atoms with Crippen LogP contribution in [0, 0.1) is 0 Å². The minimum Gasteiger partial charge on any atom is -0.372 e. The predicted molar refractivity (Wildman–Crippen MR) is 123 cm³/mol. The molecule has 0 radical (unpaired) electrons. The van der Waals surface area contributed by atoms with E-state index in [9.17, 15) is 13.2 Å². The molecule has 0 bridgehead atoms. The zero-order chi connectivity index (χ0) is 21.7. The lowest BCUT2D eigenvalue weighted by molar-refractivity contribution is -0.133. The molecule has 2 aromatic rings. The fourth-order valence-electron chi connectivity index (χ4n) is 3.92. The molecule has 1 saturated heterocycles. The number of benzene rings is 2. The largest absolute Gasteiger partial charge is 0.372 e. The summed E-state index contributed by atoms with van der Waals surface area (Å²) in [7, 11) is -3.09. The first kappa shape index (κ1) is 22.6. The summed E-state index contributed by atoms with van der Waals surface area (Å²) < 4.78 is 24.1. The molecule has 2 aromatic carbocycles. The molecule has 0 N–H and O–H groups in total. The maximum absolute atomic E-state index is 13.2. The van der Waals surface area contributed by atoms with Gasteiger partial charge in [0.25, 0.3) is 0 Å². The standard InChI is InChI=1S/C23H29ClN2O3S/c1-3-25(4-2)21-11-7-19(8-12-21)16-26(22-13-14-30(28,29)17-22)23(27)15-18-5-9-20(24)10-6-18/h5-12,22H,3-4,13-17H2,1-2H3. The van der Waals surface area contributed by atoms with Crippen LogP contribution in [-0.4, -0.2) is 49.9 Å². The van der Waals surface area contributed by atoms with E-state index in [0.29, 0.717) is 18.0 Å². The van der Waals surface area contributed by atoms with E-state index in [-0.39, 0.29) is 29.9 Å². The van der Waals surface area contributed by atoms with E-state index in [1.807, 2.05) is 24.3 Å². The van der Waals surface area contributed by atoms with Crippen molar-refractivity contribution in [2.75, 3.05) is 29.5 Å². The first-order valence-corrected chi connectivity index (χ1v) is 12.6. The van der Waals surface area contributed by atoms with E-state index in [4.69, 9.17) is 11.6 Å². The van der Waals surface area contributed by atoms with E-state index in [1.54, 1.807) is 17.0 Å². The van der Waals surface area contributed by atoms with Gasteiger partial charge in [0.1, 0.15) is 0 Å². The van der Waals surface area contributed by atoms with Gasteiger partial charge in [-0.05, 0) is 55.7 Å². The number of anilines is 1. The molecule has 30 heavy (non-hydrogen) atoms. The second kappa shape index (κ2) is 9.84. The Labute approximate surface area is 184 Å². The molecule has 5 nitrogen and oxygen atoms in total. The molecule has 162 valence electrons. The monoisotopic (exact) mass is 448 g/mol. The molecule has 0 spiro atoms. The number of sulfone groups is 1. The van der Waals surface area contributed by atoms with Crippen molar-refractivity contribution in [3.05, 3.63) is 64.7 Å². The summed E-state index contributed by atoms with van der Waals surface area (Å²) in [6, 6.07) is 15.1. The van der Waals surface area contributed by atoms with E-state index in [2.05, 4.69) is 30.9 Å². The Hall–Kier alpha value is -2.05. The smallest absolute Gasteiger partial charge is 0.227 e. The Balaban J connectivity index is 1.79. The minimum atomic E-state index is -3.09. The summed E-state index contributed by atoms with van der Waals surface area (Å²) in [6.07, 6.45) is 0.720. The van der Waals surface area contributed by atoms with Gasteiger partial charge in [-0.1, -0.05) is 35.9 Å². The predicted octanol–water partition coefficient (Wildman–Crippen LogP) is 3.94. The number of hydrogen-bond acceptors (Lipinski definition) is 4. The number of rotatable bonds is 8. The van der Waals surface area contributed by atoms with Crippen LogP contribution >= 0.6 is 11.6 Å². The Morgan fingerprint density at radius 3 is 2.13 bits per heavy atom. The maximum atomic E-state index is 13.2. The van der Waals surface area contributed by atoms with Crippen molar-refractivity contribution in [1.82, 2.24) is 4.90 Å². The van der Waals surface area contributed by atoms with Gasteiger partial charge in [-0.25, -0.2) is 8.42 Å². The van der Waals surface area contributed by atoms with Crippen LogP contribution in [0.25, 0.3) is 0 Å². The topological polar surface area (TPSA) is 57.7 Å². The van der Waals surface area contributed by atoms with Gasteiger partial charge in [-0.2, -0.15) is 0 Å². The minimum absolute atomic E-state index is 0.0386. The van der Waals surface area contributed by atoms with Crippen LogP contribution in [0.2, 0.25) is 5.02 Å². The lowest BCUT2D eigenvalue weighted by Gasteiger charge is -2.29. The van der Waals surface area contributed by atoms with Crippen molar-refractivity contribution in [2.45, 2.75) is 39.3 Å². The highest BCUT2D eigenvalue weighted by molar-refractivity contribution is 7.91. The Morgan fingerprint density at radius 2 is 1.60 bits per heavy atom. The van der Waals surface area contributed by atoms with Crippen LogP contribution in [0.15, 0.2) is 48.5 Å². The average molecular weight is 449 g/mol. The molecule has 1 atom stereocenters. The summed E-state index contributed by atoms with van der Waals surface area (Å²) in [5, 5.41) is 0.623. The molecule has 1 aliphatic rings. The van der Waals surface area contributed by atoms with E-state index in [0.717, 1.165) is 29.9 Å². The SMILES string of the molecule is CCN(CC)c1ccc(CN(C(=O)Cc2ccc(Cl)cc2)C2CCS(=O)(=O)C2)cc1. The number of halogens is 1. The molecule has 1 amide bonds. The number of amides is 1. The number of nitrogens with zero attached hydrogens (tertiary/aromatic N) is 2. The van der Waals surface area contributed by atoms with Crippen LogP contribution in [0.5, 0.6) is 0 Å². The third kappa shape index (κ3) is 5.76. The molecule has 1 unspecified atom stereocenters. The molecule has 3 rings (SSSR count). The van der Waals surface area contributed by atoms with Gasteiger partial charge in [-0.15, -0.1) is 0 Å². The molecule has 0 saturated carbocycles. The van der Waals surface area contributed by atoms with Crippen LogP contribution in [-0.2, 0) is 27.6 Å². The van der Waals surface area contributed by atoms with Crippen LogP contribution in [0.3, 0.4) is 0 Å². The van der Waals surface area contributed by atoms with Crippen molar-refractivity contribution in [2.24, 2.45) is 0 Å². The molecule has 0 aromatic heterocycles. The summed E-state index contributed by atoms with van der Waals surface area (Å²) in [5.74, 6) is 0.118. The molecule has 1 aliphatic heterocycles. The molecular formula is C23H29ClN2O3S. The molecule has 1 fully saturated rings. The van der Waals surface area contributed by atoms with Gasteiger partial charge in [0.15, 0.2) is 9.84 Å². The highest BCUT2D eigenvalue weighted by atomic mass is 35.5. The van der Waals surface area contributed by atoms with E-state index >= 15 is 0 Å². The van der Waals surface area contributed by atoms with Gasteiger partial charge >= 0.3 is 0 Å². The van der Waals surface area contributed by atoms with Crippen molar-refractivity contribution in [3.63, 3.8) is 0 Å². The number of hydrogen-bond donors (Lipinski definition) is 0. The van der Waals surface area contributed by atoms with Crippen molar-refractivity contribution in [1.29, 1.82) is 0 Å². The zero-order valence-electron chi connectivity index (χ0n) is 17.6. The van der Waals surface area contributed by atoms with Crippen molar-refractivity contribution < 1.29 is 13.2 Å². The molecule has 1 heterocycles. The highest BCUT2D eigenvalue weighted by Gasteiger charge is 2.34. The van der Waals surface area contributed by atoms with Crippen LogP contribution < -0.4 is 4.90 Å². The first-order chi connectivity index (χ1) is 14.3. The summed E-state index contributed by atoms with van der Waals surface area (Å²) in [5.41, 5.74) is 3.01. The van der Waals surface area contributed by atoms with Gasteiger partial charge < -0.3 is 9.80 Å². The molecule has 0 aliphatic carbocycles. The Kier molecular flexibility index (Phi) is 7.42. The second-order valence-electron chi connectivity index (χ2n) is 7.72. The third-order valence-electron chi connectivity index (χ3n) is 5.66. The quantitative estimate of drug-likeness (QED) is 0.613. The number of carbonyl (C=O) groups excluding carboxylic acids is 1. The average Bonchev–Trinajstić information content (AvgIpc) is 3.09. The van der Waals surface area contributed by atoms with Gasteiger partial charge in [0.05, 0.1) is 17.9 Å². The first-order valence-electron chi connectivity index (χ1n) is 10.4. The van der Waals surface area contributed by atoms with E-state index in [1.165, 1.54) is 0 Å². The highest BCUT2D eigenvalue weighted by Crippen LogP contribution is 2.23. The fraction of sp³-hybridized carbons (Fsp3) is 0.435. The van der Waals surface area contributed by atoms with Gasteiger partial charge in [0, 0.05) is 36.4 Å². The summed E-state index contributed by atoms with van der Waals surface area (Å²) in [4.78, 5) is 17.2. The van der Waals surface area contributed by atoms with Crippen LogP contribution in [0.1, 0.15) is 31.4 Å². The lowest BCUT2D eigenvalue weighted by Crippen LogP contribution is -2.41. The zero-order valence-corrected chi connectivity index (χ0v) is 19.1. The summed E-state index contributed by atoms with van der Waals surface area (Å²) >= 11 is 5.94. The second-order valence-corrected chi connectivity index (χ2v) is 10.4.